The molecule has 0 saturated carbocycles. The zero-order valence-electron chi connectivity index (χ0n) is 17.8. The summed E-state index contributed by atoms with van der Waals surface area (Å²) < 4.78 is 18.1. The predicted octanol–water partition coefficient (Wildman–Crippen LogP) is 6.37. The molecule has 1 aromatic heterocycles. The van der Waals surface area contributed by atoms with Crippen LogP contribution in [0.4, 0.5) is 5.69 Å². The van der Waals surface area contributed by atoms with Gasteiger partial charge in [0.2, 0.25) is 11.0 Å². The molecule has 0 radical (unpaired) electrons. The molecular weight excluding hydrogens is 516 g/mol. The van der Waals surface area contributed by atoms with Gasteiger partial charge in [-0.3, -0.25) is 0 Å². The van der Waals surface area contributed by atoms with Crippen LogP contribution in [0, 0.1) is 0 Å². The molecule has 168 valence electrons. The topological polar surface area (TPSA) is 78.4 Å². The van der Waals surface area contributed by atoms with E-state index in [9.17, 15) is 0 Å². The van der Waals surface area contributed by atoms with Gasteiger partial charge < -0.3 is 19.5 Å². The second-order valence-electron chi connectivity index (χ2n) is 7.02. The number of aromatic nitrogens is 3. The minimum Gasteiger partial charge on any atom is -0.493 e. The monoisotopic (exact) mass is 536 g/mol. The molecule has 0 amide bonds. The van der Waals surface area contributed by atoms with Crippen molar-refractivity contribution in [1.82, 2.24) is 15.2 Å². The maximum Gasteiger partial charge on any atom is 0.247 e. The summed E-state index contributed by atoms with van der Waals surface area (Å²) in [5, 5.41) is 13.2. The molecule has 4 rings (SSSR count). The van der Waals surface area contributed by atoms with Gasteiger partial charge in [-0.15, -0.1) is 10.2 Å². The second-order valence-corrected chi connectivity index (χ2v) is 9.41. The number of nitrogens with zero attached hydrogens (tertiary/aromatic N) is 3. The number of ether oxygens (including phenoxy) is 3. The standard InChI is InChI=1S/C22H22BrClN4O3S/c1-4-5-8-32-22-26-21-18(27-28-22)14-11-13(23)6-7-16(14)25-20(31-21)12-9-15(24)19(30-3)17(10-12)29-2/h6-7,9-11,20,25H,4-5,8H2,1-3H3/t20-/m1/s1. The summed E-state index contributed by atoms with van der Waals surface area (Å²) in [4.78, 5) is 4.67. The van der Waals surface area contributed by atoms with Crippen molar-refractivity contribution in [2.75, 3.05) is 25.3 Å². The molecule has 1 N–H and O–H groups in total. The van der Waals surface area contributed by atoms with Gasteiger partial charge in [0.25, 0.3) is 0 Å². The maximum atomic E-state index is 6.46. The maximum absolute atomic E-state index is 6.46. The van der Waals surface area contributed by atoms with E-state index in [0.29, 0.717) is 33.3 Å². The van der Waals surface area contributed by atoms with Crippen molar-refractivity contribution in [3.8, 4) is 28.6 Å². The van der Waals surface area contributed by atoms with Crippen molar-refractivity contribution in [1.29, 1.82) is 0 Å². The molecule has 2 aromatic carbocycles. The third-order valence-electron chi connectivity index (χ3n) is 4.88. The Kier molecular flexibility index (Phi) is 7.27. The van der Waals surface area contributed by atoms with E-state index in [2.05, 4.69) is 43.4 Å². The average Bonchev–Trinajstić information content (AvgIpc) is 2.95. The second kappa shape index (κ2) is 10.1. The number of fused-ring (bicyclic) bond motifs is 3. The first kappa shape index (κ1) is 22.9. The lowest BCUT2D eigenvalue weighted by Gasteiger charge is -2.21. The molecule has 0 saturated heterocycles. The highest BCUT2D eigenvalue weighted by molar-refractivity contribution is 9.10. The molecule has 1 aliphatic heterocycles. The van der Waals surface area contributed by atoms with Gasteiger partial charge in [0, 0.05) is 27.0 Å². The third-order valence-corrected chi connectivity index (χ3v) is 6.57. The van der Waals surface area contributed by atoms with Crippen LogP contribution in [0.25, 0.3) is 11.3 Å². The predicted molar refractivity (Wildman–Crippen MR) is 130 cm³/mol. The average molecular weight is 538 g/mol. The summed E-state index contributed by atoms with van der Waals surface area (Å²) in [7, 11) is 3.12. The quantitative estimate of drug-likeness (QED) is 0.275. The van der Waals surface area contributed by atoms with Crippen molar-refractivity contribution < 1.29 is 14.2 Å². The molecule has 0 fully saturated rings. The highest BCUT2D eigenvalue weighted by Crippen LogP contribution is 2.43. The largest absolute Gasteiger partial charge is 0.493 e. The van der Waals surface area contributed by atoms with Crippen molar-refractivity contribution in [3.05, 3.63) is 45.4 Å². The van der Waals surface area contributed by atoms with E-state index in [-0.39, 0.29) is 0 Å². The summed E-state index contributed by atoms with van der Waals surface area (Å²) in [6.45, 7) is 2.15. The van der Waals surface area contributed by atoms with Crippen LogP contribution < -0.4 is 19.5 Å². The summed E-state index contributed by atoms with van der Waals surface area (Å²) in [5.41, 5.74) is 3.01. The first-order valence-corrected chi connectivity index (χ1v) is 12.2. The fourth-order valence-electron chi connectivity index (χ4n) is 3.28. The Bertz CT molecular complexity index is 1130. The zero-order chi connectivity index (χ0) is 22.7. The highest BCUT2D eigenvalue weighted by atomic mass is 79.9. The summed E-state index contributed by atoms with van der Waals surface area (Å²) >= 11 is 11.6. The van der Waals surface area contributed by atoms with Crippen LogP contribution in [-0.4, -0.2) is 35.2 Å². The van der Waals surface area contributed by atoms with E-state index in [1.807, 2.05) is 24.3 Å². The van der Waals surface area contributed by atoms with Crippen molar-refractivity contribution in [3.63, 3.8) is 0 Å². The Labute approximate surface area is 204 Å². The minimum atomic E-state index is -0.585. The lowest BCUT2D eigenvalue weighted by molar-refractivity contribution is 0.224. The van der Waals surface area contributed by atoms with Crippen molar-refractivity contribution in [2.24, 2.45) is 0 Å². The van der Waals surface area contributed by atoms with Crippen LogP contribution in [0.3, 0.4) is 0 Å². The summed E-state index contributed by atoms with van der Waals surface area (Å²) in [6.07, 6.45) is 1.60. The zero-order valence-corrected chi connectivity index (χ0v) is 21.0. The Morgan fingerprint density at radius 2 is 2.03 bits per heavy atom. The van der Waals surface area contributed by atoms with Gasteiger partial charge in [-0.05, 0) is 36.8 Å². The molecule has 2 heterocycles. The molecule has 0 spiro atoms. The molecule has 0 aliphatic carbocycles. The van der Waals surface area contributed by atoms with Gasteiger partial charge in [0.1, 0.15) is 0 Å². The first-order valence-electron chi connectivity index (χ1n) is 10.1. The van der Waals surface area contributed by atoms with Gasteiger partial charge in [-0.1, -0.05) is 52.6 Å². The summed E-state index contributed by atoms with van der Waals surface area (Å²) in [5.74, 6) is 2.30. The van der Waals surface area contributed by atoms with Crippen LogP contribution in [0.1, 0.15) is 31.6 Å². The van der Waals surface area contributed by atoms with Crippen LogP contribution in [0.15, 0.2) is 40.0 Å². The molecule has 1 aliphatic rings. The van der Waals surface area contributed by atoms with Gasteiger partial charge in [0.05, 0.1) is 19.2 Å². The molecule has 3 aromatic rings. The molecule has 10 heteroatoms. The fourth-order valence-corrected chi connectivity index (χ4v) is 4.80. The Morgan fingerprint density at radius 1 is 1.19 bits per heavy atom. The SMILES string of the molecule is CCCCSc1nnc2c(n1)O[C@H](c1cc(Cl)c(OC)c(OC)c1)Nc1ccc(Br)cc1-2. The number of unbranched alkanes of at least 4 members (excludes halogenated alkanes) is 1. The van der Waals surface area contributed by atoms with E-state index in [0.717, 1.165) is 39.9 Å². The van der Waals surface area contributed by atoms with E-state index < -0.39 is 6.23 Å². The summed E-state index contributed by atoms with van der Waals surface area (Å²) in [6, 6.07) is 9.49. The Balaban J connectivity index is 1.79. The molecule has 1 atom stereocenters. The van der Waals surface area contributed by atoms with Crippen molar-refractivity contribution in [2.45, 2.75) is 31.1 Å². The van der Waals surface area contributed by atoms with E-state index in [1.165, 1.54) is 0 Å². The van der Waals surface area contributed by atoms with Crippen LogP contribution >= 0.6 is 39.3 Å². The normalized spacial score (nSPS) is 14.5. The smallest absolute Gasteiger partial charge is 0.247 e. The number of rotatable bonds is 7. The molecular formula is C22H22BrClN4O3S. The number of thioether (sulfide) groups is 1. The van der Waals surface area contributed by atoms with E-state index >= 15 is 0 Å². The van der Waals surface area contributed by atoms with Gasteiger partial charge in [-0.2, -0.15) is 4.98 Å². The van der Waals surface area contributed by atoms with E-state index in [4.69, 9.17) is 25.8 Å². The lowest BCUT2D eigenvalue weighted by atomic mass is 10.1. The third kappa shape index (κ3) is 4.74. The molecule has 0 unspecified atom stereocenters. The number of anilines is 1. The first-order chi connectivity index (χ1) is 15.5. The number of hydrogen-bond acceptors (Lipinski definition) is 8. The Hall–Kier alpha value is -2.23. The Morgan fingerprint density at radius 3 is 2.78 bits per heavy atom. The van der Waals surface area contributed by atoms with E-state index in [1.54, 1.807) is 32.0 Å². The molecule has 32 heavy (non-hydrogen) atoms. The van der Waals surface area contributed by atoms with Gasteiger partial charge in [0.15, 0.2) is 23.4 Å². The van der Waals surface area contributed by atoms with Crippen molar-refractivity contribution >= 4 is 45.0 Å². The number of benzene rings is 2. The van der Waals surface area contributed by atoms with Crippen LogP contribution in [0.5, 0.6) is 17.4 Å². The number of halogens is 2. The lowest BCUT2D eigenvalue weighted by Crippen LogP contribution is -2.17. The number of methoxy groups -OCH3 is 2. The number of hydrogen-bond donors (Lipinski definition) is 1. The number of nitrogens with one attached hydrogen (secondary N) is 1. The van der Waals surface area contributed by atoms with Gasteiger partial charge >= 0.3 is 0 Å². The molecule has 7 nitrogen and oxygen atoms in total. The van der Waals surface area contributed by atoms with Crippen LogP contribution in [0.2, 0.25) is 5.02 Å². The molecule has 0 bridgehead atoms. The minimum absolute atomic E-state index is 0.402. The fraction of sp³-hybridized carbons (Fsp3) is 0.318. The highest BCUT2D eigenvalue weighted by Gasteiger charge is 2.28. The van der Waals surface area contributed by atoms with Gasteiger partial charge in [-0.25, -0.2) is 0 Å². The van der Waals surface area contributed by atoms with Crippen LogP contribution in [-0.2, 0) is 0 Å².